The van der Waals surface area contributed by atoms with E-state index in [1.165, 1.54) is 0 Å². The van der Waals surface area contributed by atoms with Crippen molar-refractivity contribution in [2.24, 2.45) is 17.8 Å². The van der Waals surface area contributed by atoms with Crippen molar-refractivity contribution in [1.82, 2.24) is 19.6 Å². The second-order valence-corrected chi connectivity index (χ2v) is 10.7. The standard InChI is InChI=1S/C28H40N4O4/c1-22(2)17-30-18-25-6-3-4-8-26(25)36-15-5-7-24-19-32(28(35)20-30)10-9-23(24)16-27(34)31-13-11-29(21-33)12-14-31/h3-8,21-24H,9-20H2,1-2H3/b7-5+/t23-,24-/m0/s1. The van der Waals surface area contributed by atoms with E-state index in [4.69, 9.17) is 4.74 Å². The molecule has 0 N–H and O–H groups in total. The highest BCUT2D eigenvalue weighted by Gasteiger charge is 2.33. The Morgan fingerprint density at radius 1 is 1.11 bits per heavy atom. The molecule has 196 valence electrons. The Balaban J connectivity index is 1.48. The molecule has 3 amide bonds. The number of benzene rings is 1. The number of hydrogen-bond donors (Lipinski definition) is 0. The van der Waals surface area contributed by atoms with Crippen LogP contribution in [0.4, 0.5) is 0 Å². The van der Waals surface area contributed by atoms with Crippen LogP contribution in [0, 0.1) is 17.8 Å². The van der Waals surface area contributed by atoms with Crippen molar-refractivity contribution in [1.29, 1.82) is 0 Å². The van der Waals surface area contributed by atoms with Gasteiger partial charge in [0.15, 0.2) is 0 Å². The normalized spacial score (nSPS) is 24.8. The molecule has 36 heavy (non-hydrogen) atoms. The summed E-state index contributed by atoms with van der Waals surface area (Å²) in [6.45, 7) is 10.4. The zero-order valence-electron chi connectivity index (χ0n) is 21.7. The van der Waals surface area contributed by atoms with E-state index in [9.17, 15) is 14.4 Å². The summed E-state index contributed by atoms with van der Waals surface area (Å²) in [5.41, 5.74) is 1.09. The van der Waals surface area contributed by atoms with E-state index < -0.39 is 0 Å². The molecule has 2 bridgehead atoms. The molecule has 8 heteroatoms. The summed E-state index contributed by atoms with van der Waals surface area (Å²) in [6.07, 6.45) is 6.33. The average molecular weight is 497 g/mol. The van der Waals surface area contributed by atoms with Gasteiger partial charge in [-0.05, 0) is 30.2 Å². The first kappa shape index (κ1) is 26.2. The van der Waals surface area contributed by atoms with Crippen LogP contribution < -0.4 is 4.74 Å². The Bertz CT molecular complexity index is 941. The summed E-state index contributed by atoms with van der Waals surface area (Å²) >= 11 is 0. The molecule has 2 saturated heterocycles. The van der Waals surface area contributed by atoms with E-state index in [2.05, 4.69) is 30.9 Å². The number of rotatable bonds is 5. The SMILES string of the molecule is CC(C)CN1CC(=O)N2CC[C@@H](CC(=O)N3CCN(C=O)CC3)[C@@H](/C=C/COc3ccccc3C1)C2. The van der Waals surface area contributed by atoms with Crippen molar-refractivity contribution >= 4 is 18.2 Å². The third-order valence-corrected chi connectivity index (χ3v) is 7.48. The largest absolute Gasteiger partial charge is 0.489 e. The van der Waals surface area contributed by atoms with Gasteiger partial charge in [0.05, 0.1) is 6.54 Å². The van der Waals surface area contributed by atoms with Gasteiger partial charge >= 0.3 is 0 Å². The predicted molar refractivity (Wildman–Crippen MR) is 138 cm³/mol. The maximum atomic E-state index is 13.4. The lowest BCUT2D eigenvalue weighted by Gasteiger charge is -2.39. The zero-order chi connectivity index (χ0) is 25.5. The Morgan fingerprint density at radius 3 is 2.64 bits per heavy atom. The van der Waals surface area contributed by atoms with E-state index >= 15 is 0 Å². The van der Waals surface area contributed by atoms with E-state index in [0.717, 1.165) is 30.7 Å². The molecule has 3 heterocycles. The number of nitrogens with zero attached hydrogens (tertiary/aromatic N) is 4. The summed E-state index contributed by atoms with van der Waals surface area (Å²) < 4.78 is 6.13. The number of amides is 3. The number of piperidine rings is 1. The molecule has 8 nitrogen and oxygen atoms in total. The minimum Gasteiger partial charge on any atom is -0.489 e. The lowest BCUT2D eigenvalue weighted by atomic mass is 9.82. The monoisotopic (exact) mass is 496 g/mol. The zero-order valence-corrected chi connectivity index (χ0v) is 21.7. The molecule has 0 aromatic heterocycles. The average Bonchev–Trinajstić information content (AvgIpc) is 2.88. The van der Waals surface area contributed by atoms with E-state index in [-0.39, 0.29) is 23.7 Å². The summed E-state index contributed by atoms with van der Waals surface area (Å²) in [5, 5.41) is 0. The summed E-state index contributed by atoms with van der Waals surface area (Å²) in [7, 11) is 0. The molecule has 1 aromatic carbocycles. The van der Waals surface area contributed by atoms with Crippen molar-refractivity contribution in [3.8, 4) is 5.75 Å². The Hall–Kier alpha value is -2.87. The highest BCUT2D eigenvalue weighted by Crippen LogP contribution is 2.30. The topological polar surface area (TPSA) is 73.4 Å². The third-order valence-electron chi connectivity index (χ3n) is 7.48. The van der Waals surface area contributed by atoms with Gasteiger partial charge in [0.25, 0.3) is 0 Å². The van der Waals surface area contributed by atoms with Crippen LogP contribution in [-0.2, 0) is 20.9 Å². The molecule has 3 aliphatic rings. The van der Waals surface area contributed by atoms with Crippen LogP contribution in [0.25, 0.3) is 0 Å². The van der Waals surface area contributed by atoms with Crippen LogP contribution in [-0.4, -0.2) is 96.8 Å². The van der Waals surface area contributed by atoms with Crippen LogP contribution in [0.1, 0.15) is 32.3 Å². The lowest BCUT2D eigenvalue weighted by molar-refractivity contribution is -0.138. The molecule has 0 spiro atoms. The number of carbonyl (C=O) groups excluding carboxylic acids is 3. The van der Waals surface area contributed by atoms with Crippen molar-refractivity contribution in [3.05, 3.63) is 42.0 Å². The molecule has 0 radical (unpaired) electrons. The fourth-order valence-corrected chi connectivity index (χ4v) is 5.54. The fourth-order valence-electron chi connectivity index (χ4n) is 5.54. The third kappa shape index (κ3) is 6.87. The molecular weight excluding hydrogens is 456 g/mol. The number of fused-ring (bicyclic) bond motifs is 3. The molecule has 1 aromatic rings. The maximum Gasteiger partial charge on any atom is 0.236 e. The molecule has 0 aliphatic carbocycles. The van der Waals surface area contributed by atoms with Gasteiger partial charge in [-0.15, -0.1) is 0 Å². The summed E-state index contributed by atoms with van der Waals surface area (Å²) in [6, 6.07) is 8.06. The van der Waals surface area contributed by atoms with Gasteiger partial charge in [-0.2, -0.15) is 0 Å². The number of ether oxygens (including phenoxy) is 1. The number of hydrogen-bond acceptors (Lipinski definition) is 5. The van der Waals surface area contributed by atoms with E-state index in [1.807, 2.05) is 34.1 Å². The van der Waals surface area contributed by atoms with Gasteiger partial charge in [0, 0.05) is 64.3 Å². The molecule has 0 unspecified atom stereocenters. The predicted octanol–water partition coefficient (Wildman–Crippen LogP) is 2.25. The molecule has 3 aliphatic heterocycles. The van der Waals surface area contributed by atoms with Gasteiger partial charge < -0.3 is 19.4 Å². The van der Waals surface area contributed by atoms with Gasteiger partial charge in [-0.25, -0.2) is 0 Å². The quantitative estimate of drug-likeness (QED) is 0.462. The van der Waals surface area contributed by atoms with Crippen LogP contribution in [0.5, 0.6) is 5.75 Å². The van der Waals surface area contributed by atoms with Gasteiger partial charge in [-0.1, -0.05) is 44.2 Å². The second kappa shape index (κ2) is 12.4. The first-order valence-electron chi connectivity index (χ1n) is 13.3. The summed E-state index contributed by atoms with van der Waals surface area (Å²) in [5.74, 6) is 1.90. The second-order valence-electron chi connectivity index (χ2n) is 10.7. The highest BCUT2D eigenvalue weighted by molar-refractivity contribution is 5.79. The Kier molecular flexibility index (Phi) is 9.02. The molecule has 0 saturated carbocycles. The van der Waals surface area contributed by atoms with E-state index in [1.54, 1.807) is 4.90 Å². The Morgan fingerprint density at radius 2 is 1.89 bits per heavy atom. The van der Waals surface area contributed by atoms with Crippen molar-refractivity contribution in [2.75, 3.05) is 59.0 Å². The van der Waals surface area contributed by atoms with Gasteiger partial charge in [0.2, 0.25) is 18.2 Å². The Labute approximate surface area is 214 Å². The van der Waals surface area contributed by atoms with Crippen molar-refractivity contribution in [2.45, 2.75) is 33.2 Å². The van der Waals surface area contributed by atoms with Gasteiger partial charge in [0.1, 0.15) is 12.4 Å². The van der Waals surface area contributed by atoms with Crippen LogP contribution in [0.3, 0.4) is 0 Å². The number of para-hydroxylation sites is 1. The van der Waals surface area contributed by atoms with Crippen LogP contribution in [0.15, 0.2) is 36.4 Å². The highest BCUT2D eigenvalue weighted by atomic mass is 16.5. The molecule has 4 rings (SSSR count). The summed E-state index contributed by atoms with van der Waals surface area (Å²) in [4.78, 5) is 45.3. The molecule has 2 atom stereocenters. The minimum absolute atomic E-state index is 0.112. The van der Waals surface area contributed by atoms with Crippen molar-refractivity contribution < 1.29 is 19.1 Å². The van der Waals surface area contributed by atoms with Gasteiger partial charge in [-0.3, -0.25) is 19.3 Å². The number of carbonyl (C=O) groups is 3. The fraction of sp³-hybridized carbons (Fsp3) is 0.607. The molecular formula is C28H40N4O4. The maximum absolute atomic E-state index is 13.4. The van der Waals surface area contributed by atoms with E-state index in [0.29, 0.717) is 71.3 Å². The lowest BCUT2D eigenvalue weighted by Crippen LogP contribution is -2.50. The molecule has 2 fully saturated rings. The van der Waals surface area contributed by atoms with Crippen LogP contribution >= 0.6 is 0 Å². The smallest absolute Gasteiger partial charge is 0.236 e. The van der Waals surface area contributed by atoms with Crippen LogP contribution in [0.2, 0.25) is 0 Å². The van der Waals surface area contributed by atoms with Crippen molar-refractivity contribution in [3.63, 3.8) is 0 Å². The number of piperazine rings is 1. The first-order chi connectivity index (χ1) is 17.4. The first-order valence-corrected chi connectivity index (χ1v) is 13.3. The minimum atomic E-state index is 0.112.